The summed E-state index contributed by atoms with van der Waals surface area (Å²) in [5.74, 6) is -3.22. The van der Waals surface area contributed by atoms with E-state index in [2.05, 4.69) is 0 Å². The first-order valence-corrected chi connectivity index (χ1v) is 12.0. The minimum absolute atomic E-state index is 0.124. The molecule has 4 atom stereocenters. The lowest BCUT2D eigenvalue weighted by molar-refractivity contribution is 0.0140. The van der Waals surface area contributed by atoms with Gasteiger partial charge in [0.05, 0.1) is 12.7 Å². The van der Waals surface area contributed by atoms with Gasteiger partial charge in [0.25, 0.3) is 0 Å². The number of ether oxygens (including phenoxy) is 2. The molecule has 7 heteroatoms. The van der Waals surface area contributed by atoms with Crippen LogP contribution in [-0.4, -0.2) is 23.1 Å². The molecule has 0 aromatic heterocycles. The van der Waals surface area contributed by atoms with Crippen LogP contribution in [0.4, 0.5) is 13.2 Å². The molecule has 4 unspecified atom stereocenters. The van der Waals surface area contributed by atoms with E-state index in [0.717, 1.165) is 0 Å². The fourth-order valence-corrected chi connectivity index (χ4v) is 4.40. The van der Waals surface area contributed by atoms with Crippen molar-refractivity contribution in [1.82, 2.24) is 0 Å². The fraction of sp³-hybridized carbons (Fsp3) is 0.310. The Labute approximate surface area is 208 Å². The van der Waals surface area contributed by atoms with E-state index < -0.39 is 41.7 Å². The molecular weight excluding hydrogens is 469 g/mol. The maximum Gasteiger partial charge on any atom is 0.224 e. The summed E-state index contributed by atoms with van der Waals surface area (Å²) < 4.78 is 54.9. The highest BCUT2D eigenvalue weighted by molar-refractivity contribution is 5.44. The van der Waals surface area contributed by atoms with Gasteiger partial charge >= 0.3 is 0 Å². The molecule has 0 radical (unpaired) electrons. The predicted octanol–water partition coefficient (Wildman–Crippen LogP) is 6.74. The molecule has 0 spiro atoms. The summed E-state index contributed by atoms with van der Waals surface area (Å²) >= 11 is 0. The summed E-state index contributed by atoms with van der Waals surface area (Å²) in [7, 11) is 0. The largest absolute Gasteiger partial charge is 0.494 e. The topological polar surface area (TPSA) is 58.9 Å². The van der Waals surface area contributed by atoms with E-state index in [0.29, 0.717) is 41.9 Å². The Morgan fingerprint density at radius 3 is 2.36 bits per heavy atom. The molecule has 2 aromatic rings. The zero-order valence-electron chi connectivity index (χ0n) is 20.1. The lowest BCUT2D eigenvalue weighted by Gasteiger charge is -2.26. The first-order valence-electron chi connectivity index (χ1n) is 12.0. The molecule has 0 bridgehead atoms. The fourth-order valence-electron chi connectivity index (χ4n) is 4.40. The summed E-state index contributed by atoms with van der Waals surface area (Å²) in [5, 5.41) is 20.1. The molecule has 0 saturated heterocycles. The summed E-state index contributed by atoms with van der Waals surface area (Å²) in [4.78, 5) is 0. The van der Waals surface area contributed by atoms with Crippen molar-refractivity contribution in [2.75, 3.05) is 6.61 Å². The molecule has 4 nitrogen and oxygen atoms in total. The molecule has 2 aromatic carbocycles. The second-order valence-corrected chi connectivity index (χ2v) is 8.85. The maximum absolute atomic E-state index is 15.1. The van der Waals surface area contributed by atoms with Crippen LogP contribution in [-0.2, 0) is 0 Å². The second-order valence-electron chi connectivity index (χ2n) is 8.85. The Balaban J connectivity index is 1.40. The third kappa shape index (κ3) is 5.58. The van der Waals surface area contributed by atoms with Crippen molar-refractivity contribution in [3.63, 3.8) is 0 Å². The summed E-state index contributed by atoms with van der Waals surface area (Å²) in [5.41, 5.74) is 2.02. The minimum atomic E-state index is -1.42. The average molecular weight is 499 g/mol. The summed E-state index contributed by atoms with van der Waals surface area (Å²) in [6.45, 7) is 3.83. The van der Waals surface area contributed by atoms with Gasteiger partial charge in [-0.25, -0.2) is 13.2 Å². The molecule has 2 N–H and O–H groups in total. The van der Waals surface area contributed by atoms with Crippen molar-refractivity contribution < 1.29 is 32.9 Å². The lowest BCUT2D eigenvalue weighted by Crippen LogP contribution is -2.20. The van der Waals surface area contributed by atoms with E-state index in [-0.39, 0.29) is 11.3 Å². The number of benzene rings is 2. The molecule has 0 aliphatic heterocycles. The molecule has 2 aliphatic carbocycles. The van der Waals surface area contributed by atoms with Gasteiger partial charge in [0.15, 0.2) is 17.4 Å². The zero-order chi connectivity index (χ0) is 25.8. The van der Waals surface area contributed by atoms with Crippen LogP contribution >= 0.6 is 0 Å². The van der Waals surface area contributed by atoms with E-state index >= 15 is 8.78 Å². The van der Waals surface area contributed by atoms with E-state index in [1.165, 1.54) is 12.1 Å². The van der Waals surface area contributed by atoms with E-state index in [4.69, 9.17) is 9.47 Å². The SMILES string of the molecule is CCOc1ccc(OC(O)C2=CCC(C3=CCC(c4ccc(C(C)O)cc4)C(F)=C3F)C=C2)c(F)c1. The van der Waals surface area contributed by atoms with Crippen LogP contribution in [0, 0.1) is 11.7 Å². The van der Waals surface area contributed by atoms with Gasteiger partial charge in [-0.2, -0.15) is 0 Å². The Bertz CT molecular complexity index is 1210. The molecule has 0 amide bonds. The van der Waals surface area contributed by atoms with Gasteiger partial charge in [0.2, 0.25) is 6.29 Å². The van der Waals surface area contributed by atoms with Crippen LogP contribution in [0.15, 0.2) is 89.6 Å². The third-order valence-electron chi connectivity index (χ3n) is 6.43. The Morgan fingerprint density at radius 1 is 1.00 bits per heavy atom. The standard InChI is InChI=1S/C29H29F3O4/c1-3-35-22-12-15-26(25(30)16-22)36-29(34)21-10-8-20(9-11-21)24-14-13-23(27(31)28(24)32)19-6-4-18(5-7-19)17(2)33/h4-8,10-12,14-17,20,23,29,33-34H,3,9,13H2,1-2H3. The first-order chi connectivity index (χ1) is 17.3. The molecule has 2 aliphatic rings. The van der Waals surface area contributed by atoms with E-state index in [1.807, 2.05) is 0 Å². The van der Waals surface area contributed by atoms with Gasteiger partial charge in [-0.15, -0.1) is 0 Å². The van der Waals surface area contributed by atoms with Gasteiger partial charge in [0.1, 0.15) is 11.6 Å². The molecule has 4 rings (SSSR count). The summed E-state index contributed by atoms with van der Waals surface area (Å²) in [6.07, 6.45) is 5.25. The number of hydrogen-bond acceptors (Lipinski definition) is 4. The third-order valence-corrected chi connectivity index (χ3v) is 6.43. The number of aliphatic hydroxyl groups is 2. The Morgan fingerprint density at radius 2 is 1.75 bits per heavy atom. The van der Waals surface area contributed by atoms with Crippen LogP contribution in [0.3, 0.4) is 0 Å². The van der Waals surface area contributed by atoms with Gasteiger partial charge < -0.3 is 19.7 Å². The minimum Gasteiger partial charge on any atom is -0.494 e. The smallest absolute Gasteiger partial charge is 0.224 e. The maximum atomic E-state index is 15.1. The highest BCUT2D eigenvalue weighted by Crippen LogP contribution is 2.43. The van der Waals surface area contributed by atoms with E-state index in [9.17, 15) is 14.6 Å². The average Bonchev–Trinajstić information content (AvgIpc) is 2.87. The van der Waals surface area contributed by atoms with Crippen molar-refractivity contribution in [3.05, 3.63) is 107 Å². The van der Waals surface area contributed by atoms with E-state index in [1.54, 1.807) is 68.5 Å². The van der Waals surface area contributed by atoms with Crippen LogP contribution in [0.1, 0.15) is 49.8 Å². The van der Waals surface area contributed by atoms with Gasteiger partial charge in [-0.1, -0.05) is 48.6 Å². The van der Waals surface area contributed by atoms with Crippen molar-refractivity contribution in [3.8, 4) is 11.5 Å². The van der Waals surface area contributed by atoms with Gasteiger partial charge in [-0.3, -0.25) is 0 Å². The normalized spacial score (nSPS) is 21.5. The molecule has 0 heterocycles. The second kappa shape index (κ2) is 11.2. The highest BCUT2D eigenvalue weighted by atomic mass is 19.2. The number of halogens is 3. The number of aliphatic hydroxyl groups excluding tert-OH is 2. The molecule has 0 saturated carbocycles. The van der Waals surface area contributed by atoms with Crippen LogP contribution in [0.25, 0.3) is 0 Å². The Kier molecular flexibility index (Phi) is 8.01. The number of allylic oxidation sites excluding steroid dienone is 6. The molecule has 190 valence electrons. The quantitative estimate of drug-likeness (QED) is 0.396. The number of rotatable bonds is 8. The summed E-state index contributed by atoms with van der Waals surface area (Å²) in [6, 6.07) is 11.0. The van der Waals surface area contributed by atoms with Crippen molar-refractivity contribution >= 4 is 0 Å². The van der Waals surface area contributed by atoms with Crippen LogP contribution in [0.2, 0.25) is 0 Å². The molecular formula is C29H29F3O4. The zero-order valence-corrected chi connectivity index (χ0v) is 20.1. The Hall–Kier alpha value is -3.29. The van der Waals surface area contributed by atoms with Crippen LogP contribution < -0.4 is 9.47 Å². The molecule has 36 heavy (non-hydrogen) atoms. The van der Waals surface area contributed by atoms with Gasteiger partial charge in [0, 0.05) is 23.5 Å². The lowest BCUT2D eigenvalue weighted by atomic mass is 9.81. The van der Waals surface area contributed by atoms with Crippen molar-refractivity contribution in [2.45, 2.75) is 45.0 Å². The molecule has 0 fully saturated rings. The van der Waals surface area contributed by atoms with Crippen LogP contribution in [0.5, 0.6) is 11.5 Å². The van der Waals surface area contributed by atoms with Crippen molar-refractivity contribution in [2.24, 2.45) is 5.92 Å². The highest BCUT2D eigenvalue weighted by Gasteiger charge is 2.30. The monoisotopic (exact) mass is 498 g/mol. The van der Waals surface area contributed by atoms with Crippen molar-refractivity contribution in [1.29, 1.82) is 0 Å². The van der Waals surface area contributed by atoms with Gasteiger partial charge in [-0.05, 0) is 55.5 Å². The predicted molar refractivity (Wildman–Crippen MR) is 131 cm³/mol. The first kappa shape index (κ1) is 25.8. The number of hydrogen-bond donors (Lipinski definition) is 2.